The first kappa shape index (κ1) is 16.2. The smallest absolute Gasteiger partial charge is 0.316 e. The van der Waals surface area contributed by atoms with Gasteiger partial charge in [-0.05, 0) is 63.0 Å². The second-order valence-corrected chi connectivity index (χ2v) is 8.73. The number of ether oxygens (including phenoxy) is 1. The highest BCUT2D eigenvalue weighted by molar-refractivity contribution is 5.85. The molecule has 1 saturated heterocycles. The topological polar surface area (TPSA) is 59.7 Å². The predicted octanol–water partition coefficient (Wildman–Crippen LogP) is 3.87. The molecule has 4 rings (SSSR count). The molecule has 5 atom stereocenters. The molecule has 2 saturated carbocycles. The molecule has 1 aromatic heterocycles. The Morgan fingerprint density at radius 3 is 2.75 bits per heavy atom. The van der Waals surface area contributed by atoms with E-state index in [1.807, 2.05) is 6.07 Å². The zero-order valence-corrected chi connectivity index (χ0v) is 14.9. The summed E-state index contributed by atoms with van der Waals surface area (Å²) in [5.41, 5.74) is -1.02. The number of carbonyl (C=O) groups excluding carboxylic acids is 1. The SMILES string of the molecule is C[C@@H]1CC[C@@]23OC(=O)[C@@]2(C)CCC[C@]3(C)[C@@]1(O)CCc1ccoc1. The van der Waals surface area contributed by atoms with E-state index in [9.17, 15) is 9.90 Å². The second-order valence-electron chi connectivity index (χ2n) is 8.73. The van der Waals surface area contributed by atoms with E-state index in [1.165, 1.54) is 0 Å². The number of hydrogen-bond donors (Lipinski definition) is 1. The zero-order chi connectivity index (χ0) is 17.2. The minimum absolute atomic E-state index is 0.0693. The van der Waals surface area contributed by atoms with Gasteiger partial charge in [-0.1, -0.05) is 20.3 Å². The third-order valence-corrected chi connectivity index (χ3v) is 7.93. The van der Waals surface area contributed by atoms with Gasteiger partial charge in [-0.3, -0.25) is 4.79 Å². The molecule has 1 aromatic rings. The largest absolute Gasteiger partial charge is 0.472 e. The van der Waals surface area contributed by atoms with Crippen LogP contribution in [0.2, 0.25) is 0 Å². The molecular weight excluding hydrogens is 304 g/mol. The van der Waals surface area contributed by atoms with E-state index in [-0.39, 0.29) is 17.3 Å². The predicted molar refractivity (Wildman–Crippen MR) is 89.3 cm³/mol. The van der Waals surface area contributed by atoms with Crippen LogP contribution < -0.4 is 0 Å². The lowest BCUT2D eigenvalue weighted by atomic mass is 9.39. The fraction of sp³-hybridized carbons (Fsp3) is 0.750. The third kappa shape index (κ3) is 1.66. The van der Waals surface area contributed by atoms with Gasteiger partial charge in [-0.25, -0.2) is 0 Å². The first-order valence-corrected chi connectivity index (χ1v) is 9.26. The molecular formula is C20H28O4. The molecule has 132 valence electrons. The average Bonchev–Trinajstić information content (AvgIpc) is 3.06. The maximum absolute atomic E-state index is 12.3. The molecule has 1 spiro atoms. The Morgan fingerprint density at radius 1 is 1.29 bits per heavy atom. The van der Waals surface area contributed by atoms with Gasteiger partial charge in [0, 0.05) is 5.41 Å². The summed E-state index contributed by atoms with van der Waals surface area (Å²) in [6, 6.07) is 1.96. The lowest BCUT2D eigenvalue weighted by Crippen LogP contribution is -2.81. The van der Waals surface area contributed by atoms with Crippen molar-refractivity contribution in [1.82, 2.24) is 0 Å². The first-order valence-electron chi connectivity index (χ1n) is 9.26. The van der Waals surface area contributed by atoms with Crippen LogP contribution in [-0.4, -0.2) is 22.3 Å². The summed E-state index contributed by atoms with van der Waals surface area (Å²) in [5, 5.41) is 11.9. The van der Waals surface area contributed by atoms with Gasteiger partial charge in [-0.2, -0.15) is 0 Å². The zero-order valence-electron chi connectivity index (χ0n) is 14.9. The number of hydrogen-bond acceptors (Lipinski definition) is 4. The van der Waals surface area contributed by atoms with Crippen molar-refractivity contribution < 1.29 is 19.1 Å². The number of rotatable bonds is 3. The second kappa shape index (κ2) is 4.87. The van der Waals surface area contributed by atoms with Crippen LogP contribution in [0.25, 0.3) is 0 Å². The quantitative estimate of drug-likeness (QED) is 0.854. The minimum atomic E-state index is -0.828. The van der Waals surface area contributed by atoms with Crippen molar-refractivity contribution in [3.63, 3.8) is 0 Å². The van der Waals surface area contributed by atoms with Crippen molar-refractivity contribution in [1.29, 1.82) is 0 Å². The Balaban J connectivity index is 1.71. The fourth-order valence-corrected chi connectivity index (χ4v) is 6.19. The van der Waals surface area contributed by atoms with Gasteiger partial charge < -0.3 is 14.3 Å². The molecule has 4 nitrogen and oxygen atoms in total. The average molecular weight is 332 g/mol. The van der Waals surface area contributed by atoms with E-state index in [1.54, 1.807) is 12.5 Å². The van der Waals surface area contributed by atoms with Crippen LogP contribution in [0.4, 0.5) is 0 Å². The maximum atomic E-state index is 12.3. The molecule has 0 amide bonds. The first-order chi connectivity index (χ1) is 11.3. The van der Waals surface area contributed by atoms with Crippen molar-refractivity contribution in [2.24, 2.45) is 16.7 Å². The molecule has 24 heavy (non-hydrogen) atoms. The highest BCUT2D eigenvalue weighted by Gasteiger charge is 2.79. The lowest BCUT2D eigenvalue weighted by Gasteiger charge is -2.72. The van der Waals surface area contributed by atoms with Gasteiger partial charge in [0.05, 0.1) is 18.1 Å². The Hall–Kier alpha value is -1.29. The monoisotopic (exact) mass is 332 g/mol. The van der Waals surface area contributed by atoms with Gasteiger partial charge in [0.25, 0.3) is 0 Å². The Labute approximate surface area is 143 Å². The molecule has 3 aliphatic rings. The van der Waals surface area contributed by atoms with Crippen molar-refractivity contribution in [2.45, 2.75) is 76.9 Å². The fourth-order valence-electron chi connectivity index (χ4n) is 6.19. The summed E-state index contributed by atoms with van der Waals surface area (Å²) in [6.45, 7) is 6.38. The van der Waals surface area contributed by atoms with E-state index in [0.717, 1.165) is 44.1 Å². The van der Waals surface area contributed by atoms with Gasteiger partial charge in [0.1, 0.15) is 11.0 Å². The van der Waals surface area contributed by atoms with E-state index >= 15 is 0 Å². The van der Waals surface area contributed by atoms with E-state index in [4.69, 9.17) is 9.15 Å². The Bertz CT molecular complexity index is 653. The van der Waals surface area contributed by atoms with Crippen molar-refractivity contribution >= 4 is 5.97 Å². The van der Waals surface area contributed by atoms with Gasteiger partial charge >= 0.3 is 5.97 Å². The summed E-state index contributed by atoms with van der Waals surface area (Å²) in [4.78, 5) is 12.3. The summed E-state index contributed by atoms with van der Waals surface area (Å²) >= 11 is 0. The van der Waals surface area contributed by atoms with Crippen LogP contribution in [0, 0.1) is 16.7 Å². The highest BCUT2D eigenvalue weighted by atomic mass is 16.6. The van der Waals surface area contributed by atoms with Crippen molar-refractivity contribution in [3.05, 3.63) is 24.2 Å². The van der Waals surface area contributed by atoms with Gasteiger partial charge in [-0.15, -0.1) is 0 Å². The molecule has 0 unspecified atom stereocenters. The number of aliphatic hydroxyl groups is 1. The number of carbonyl (C=O) groups is 1. The molecule has 3 fully saturated rings. The van der Waals surface area contributed by atoms with E-state index in [2.05, 4.69) is 20.8 Å². The molecule has 0 bridgehead atoms. The van der Waals surface area contributed by atoms with Crippen molar-refractivity contribution in [3.8, 4) is 0 Å². The summed E-state index contributed by atoms with van der Waals surface area (Å²) in [5.74, 6) is 0.127. The van der Waals surface area contributed by atoms with Crippen LogP contribution in [0.3, 0.4) is 0 Å². The number of esters is 1. The maximum Gasteiger partial charge on any atom is 0.316 e. The summed E-state index contributed by atoms with van der Waals surface area (Å²) < 4.78 is 11.1. The normalized spacial score (nSPS) is 47.3. The highest BCUT2D eigenvalue weighted by Crippen LogP contribution is 2.71. The lowest BCUT2D eigenvalue weighted by molar-refractivity contribution is -0.345. The van der Waals surface area contributed by atoms with Gasteiger partial charge in [0.15, 0.2) is 0 Å². The molecule has 2 heterocycles. The third-order valence-electron chi connectivity index (χ3n) is 7.93. The summed E-state index contributed by atoms with van der Waals surface area (Å²) in [7, 11) is 0. The van der Waals surface area contributed by atoms with Crippen LogP contribution in [-0.2, 0) is 16.0 Å². The minimum Gasteiger partial charge on any atom is -0.472 e. The summed E-state index contributed by atoms with van der Waals surface area (Å²) in [6.07, 6.45) is 9.45. The van der Waals surface area contributed by atoms with Crippen LogP contribution in [0.1, 0.15) is 64.9 Å². The van der Waals surface area contributed by atoms with Gasteiger partial charge in [0.2, 0.25) is 0 Å². The van der Waals surface area contributed by atoms with Crippen LogP contribution in [0.5, 0.6) is 0 Å². The Kier molecular flexibility index (Phi) is 3.29. The van der Waals surface area contributed by atoms with Crippen LogP contribution in [0.15, 0.2) is 23.0 Å². The molecule has 2 aliphatic carbocycles. The standard InChI is InChI=1S/C20H28O4/c1-14-5-11-20-17(2,16(21)24-20)8-4-9-18(20,3)19(14,22)10-6-15-7-12-23-13-15/h7,12-14,22H,4-6,8-11H2,1-3H3/t14-,17-,18-,19-,20-/m1/s1. The van der Waals surface area contributed by atoms with Crippen LogP contribution >= 0.6 is 0 Å². The molecule has 0 aromatic carbocycles. The number of aryl methyl sites for hydroxylation is 1. The molecule has 0 radical (unpaired) electrons. The van der Waals surface area contributed by atoms with Crippen molar-refractivity contribution in [2.75, 3.05) is 0 Å². The Morgan fingerprint density at radius 2 is 2.08 bits per heavy atom. The number of furan rings is 1. The molecule has 1 N–H and O–H groups in total. The molecule has 4 heteroatoms. The van der Waals surface area contributed by atoms with E-state index in [0.29, 0.717) is 6.42 Å². The molecule has 1 aliphatic heterocycles. The van der Waals surface area contributed by atoms with E-state index < -0.39 is 16.6 Å².